The Balaban J connectivity index is 1.99. The van der Waals surface area contributed by atoms with Crippen molar-refractivity contribution in [3.63, 3.8) is 0 Å². The van der Waals surface area contributed by atoms with Gasteiger partial charge in [0.2, 0.25) is 0 Å². The van der Waals surface area contributed by atoms with Crippen LogP contribution in [0, 0.1) is 11.3 Å². The predicted octanol–water partition coefficient (Wildman–Crippen LogP) is 1.13. The Labute approximate surface area is 107 Å². The maximum absolute atomic E-state index is 8.80. The summed E-state index contributed by atoms with van der Waals surface area (Å²) < 4.78 is 5.30. The molecule has 1 aromatic heterocycles. The van der Waals surface area contributed by atoms with Crippen molar-refractivity contribution in [3.05, 3.63) is 24.0 Å². The van der Waals surface area contributed by atoms with Gasteiger partial charge in [-0.05, 0) is 31.5 Å². The van der Waals surface area contributed by atoms with Crippen LogP contribution in [0.2, 0.25) is 0 Å². The van der Waals surface area contributed by atoms with E-state index in [1.54, 1.807) is 19.4 Å². The van der Waals surface area contributed by atoms with E-state index in [9.17, 15) is 0 Å². The molecule has 96 valence electrons. The van der Waals surface area contributed by atoms with Gasteiger partial charge in [-0.25, -0.2) is 4.98 Å². The van der Waals surface area contributed by atoms with Crippen LogP contribution < -0.4 is 10.6 Å². The first-order valence-corrected chi connectivity index (χ1v) is 6.12. The van der Waals surface area contributed by atoms with Gasteiger partial charge in [-0.2, -0.15) is 5.26 Å². The lowest BCUT2D eigenvalue weighted by molar-refractivity contribution is 0.127. The lowest BCUT2D eigenvalue weighted by Crippen LogP contribution is -2.49. The summed E-state index contributed by atoms with van der Waals surface area (Å²) in [4.78, 5) is 3.95. The second kappa shape index (κ2) is 5.80. The highest BCUT2D eigenvalue weighted by Gasteiger charge is 2.33. The number of anilines is 1. The number of methoxy groups -OCH3 is 1. The number of pyridine rings is 1. The number of hydrogen-bond acceptors (Lipinski definition) is 5. The molecular formula is C13H18N4O. The fourth-order valence-corrected chi connectivity index (χ4v) is 2.34. The third-order valence-corrected chi connectivity index (χ3v) is 3.26. The minimum absolute atomic E-state index is 0.00479. The molecule has 5 heteroatoms. The number of rotatable bonds is 5. The lowest BCUT2D eigenvalue weighted by atomic mass is 9.98. The average molecular weight is 246 g/mol. The molecule has 2 rings (SSSR count). The van der Waals surface area contributed by atoms with E-state index in [2.05, 4.69) is 15.6 Å². The van der Waals surface area contributed by atoms with Crippen LogP contribution >= 0.6 is 0 Å². The Morgan fingerprint density at radius 2 is 2.56 bits per heavy atom. The highest BCUT2D eigenvalue weighted by atomic mass is 16.5. The molecule has 2 N–H and O–H groups in total. The Hall–Kier alpha value is -1.64. The quantitative estimate of drug-likeness (QED) is 0.815. The lowest BCUT2D eigenvalue weighted by Gasteiger charge is -2.29. The zero-order valence-electron chi connectivity index (χ0n) is 10.6. The summed E-state index contributed by atoms with van der Waals surface area (Å²) >= 11 is 0. The summed E-state index contributed by atoms with van der Waals surface area (Å²) in [6.45, 7) is 2.51. The molecule has 0 amide bonds. The zero-order chi connectivity index (χ0) is 12.8. The minimum Gasteiger partial charge on any atom is -0.383 e. The molecule has 5 nitrogen and oxygen atoms in total. The number of nitriles is 1. The van der Waals surface area contributed by atoms with Crippen molar-refractivity contribution in [2.24, 2.45) is 0 Å². The fourth-order valence-electron chi connectivity index (χ4n) is 2.34. The van der Waals surface area contributed by atoms with Gasteiger partial charge in [0.15, 0.2) is 0 Å². The van der Waals surface area contributed by atoms with Crippen LogP contribution in [0.4, 0.5) is 5.69 Å². The highest BCUT2D eigenvalue weighted by molar-refractivity contribution is 5.46. The van der Waals surface area contributed by atoms with E-state index in [0.29, 0.717) is 12.3 Å². The molecule has 18 heavy (non-hydrogen) atoms. The second-order valence-corrected chi connectivity index (χ2v) is 4.64. The number of ether oxygens (including phenoxy) is 1. The molecule has 1 aliphatic heterocycles. The molecule has 0 spiro atoms. The molecular weight excluding hydrogens is 228 g/mol. The van der Waals surface area contributed by atoms with Gasteiger partial charge >= 0.3 is 0 Å². The van der Waals surface area contributed by atoms with Gasteiger partial charge in [-0.15, -0.1) is 0 Å². The summed E-state index contributed by atoms with van der Waals surface area (Å²) in [5.74, 6) is 0. The number of hydrogen-bond donors (Lipinski definition) is 2. The van der Waals surface area contributed by atoms with Crippen LogP contribution in [-0.4, -0.2) is 37.3 Å². The van der Waals surface area contributed by atoms with E-state index in [1.807, 2.05) is 12.1 Å². The van der Waals surface area contributed by atoms with Gasteiger partial charge in [0.05, 0.1) is 12.1 Å². The van der Waals surface area contributed by atoms with Crippen LogP contribution in [0.3, 0.4) is 0 Å². The molecule has 1 saturated heterocycles. The first kappa shape index (κ1) is 12.8. The minimum atomic E-state index is 0.00479. The van der Waals surface area contributed by atoms with Gasteiger partial charge in [-0.1, -0.05) is 0 Å². The maximum atomic E-state index is 8.80. The average Bonchev–Trinajstić information content (AvgIpc) is 2.86. The van der Waals surface area contributed by atoms with Gasteiger partial charge in [0, 0.05) is 25.5 Å². The van der Waals surface area contributed by atoms with Crippen molar-refractivity contribution in [1.29, 1.82) is 5.26 Å². The predicted molar refractivity (Wildman–Crippen MR) is 69.3 cm³/mol. The van der Waals surface area contributed by atoms with Crippen molar-refractivity contribution in [2.45, 2.75) is 18.4 Å². The smallest absolute Gasteiger partial charge is 0.142 e. The first-order valence-electron chi connectivity index (χ1n) is 6.12. The van der Waals surface area contributed by atoms with Crippen LogP contribution in [-0.2, 0) is 4.74 Å². The van der Waals surface area contributed by atoms with E-state index in [-0.39, 0.29) is 5.54 Å². The molecule has 0 aliphatic carbocycles. The molecule has 0 saturated carbocycles. The van der Waals surface area contributed by atoms with Crippen LogP contribution in [0.1, 0.15) is 18.5 Å². The molecule has 2 heterocycles. The van der Waals surface area contributed by atoms with Crippen molar-refractivity contribution in [1.82, 2.24) is 10.3 Å². The fraction of sp³-hybridized carbons (Fsp3) is 0.538. The molecule has 1 atom stereocenters. The molecule has 1 aromatic rings. The molecule has 1 unspecified atom stereocenters. The number of nitrogens with zero attached hydrogens (tertiary/aromatic N) is 2. The van der Waals surface area contributed by atoms with Gasteiger partial charge < -0.3 is 15.4 Å². The second-order valence-electron chi connectivity index (χ2n) is 4.64. The summed E-state index contributed by atoms with van der Waals surface area (Å²) in [5.41, 5.74) is 1.36. The summed E-state index contributed by atoms with van der Waals surface area (Å²) in [6.07, 6.45) is 3.92. The van der Waals surface area contributed by atoms with E-state index >= 15 is 0 Å². The largest absolute Gasteiger partial charge is 0.383 e. The summed E-state index contributed by atoms with van der Waals surface area (Å²) in [7, 11) is 1.72. The highest BCUT2D eigenvalue weighted by Crippen LogP contribution is 2.20. The van der Waals surface area contributed by atoms with Crippen LogP contribution in [0.5, 0.6) is 0 Å². The summed E-state index contributed by atoms with van der Waals surface area (Å²) in [6, 6.07) is 5.67. The SMILES string of the molecule is COCC1(CNc2ccnc(C#N)c2)CCCN1. The van der Waals surface area contributed by atoms with Crippen molar-refractivity contribution >= 4 is 5.69 Å². The van der Waals surface area contributed by atoms with Crippen LogP contribution in [0.25, 0.3) is 0 Å². The van der Waals surface area contributed by atoms with Gasteiger partial charge in [-0.3, -0.25) is 0 Å². The Kier molecular flexibility index (Phi) is 4.13. The Morgan fingerprint density at radius 1 is 1.67 bits per heavy atom. The third-order valence-electron chi connectivity index (χ3n) is 3.26. The van der Waals surface area contributed by atoms with E-state index in [0.717, 1.165) is 25.2 Å². The standard InChI is InChI=1S/C13H18N4O/c1-18-10-13(4-2-5-17-13)9-16-11-3-6-15-12(7-11)8-14/h3,6-7,17H,2,4-5,9-10H2,1H3,(H,15,16). The van der Waals surface area contributed by atoms with E-state index in [1.165, 1.54) is 6.42 Å². The molecule has 1 fully saturated rings. The van der Waals surface area contributed by atoms with Gasteiger partial charge in [0.1, 0.15) is 11.8 Å². The van der Waals surface area contributed by atoms with Crippen molar-refractivity contribution < 1.29 is 4.74 Å². The van der Waals surface area contributed by atoms with Crippen LogP contribution in [0.15, 0.2) is 18.3 Å². The van der Waals surface area contributed by atoms with E-state index < -0.39 is 0 Å². The molecule has 0 bridgehead atoms. The molecule has 1 aliphatic rings. The monoisotopic (exact) mass is 246 g/mol. The molecule has 0 aromatic carbocycles. The normalized spacial score (nSPS) is 22.7. The third kappa shape index (κ3) is 2.97. The Morgan fingerprint density at radius 3 is 3.22 bits per heavy atom. The summed E-state index contributed by atoms with van der Waals surface area (Å²) in [5, 5.41) is 15.7. The number of aromatic nitrogens is 1. The number of nitrogens with one attached hydrogen (secondary N) is 2. The van der Waals surface area contributed by atoms with E-state index in [4.69, 9.17) is 10.00 Å². The topological polar surface area (TPSA) is 70.0 Å². The Bertz CT molecular complexity index is 435. The maximum Gasteiger partial charge on any atom is 0.142 e. The zero-order valence-corrected chi connectivity index (χ0v) is 10.6. The molecule has 0 radical (unpaired) electrons. The van der Waals surface area contributed by atoms with Gasteiger partial charge in [0.25, 0.3) is 0 Å². The van der Waals surface area contributed by atoms with Crippen molar-refractivity contribution in [3.8, 4) is 6.07 Å². The van der Waals surface area contributed by atoms with Crippen molar-refractivity contribution in [2.75, 3.05) is 32.1 Å². The first-order chi connectivity index (χ1) is 8.78.